The minimum atomic E-state index is -1.26. The molecule has 0 saturated heterocycles. The Morgan fingerprint density at radius 3 is 2.37 bits per heavy atom. The van der Waals surface area contributed by atoms with Crippen LogP contribution in [0.25, 0.3) is 0 Å². The van der Waals surface area contributed by atoms with E-state index in [4.69, 9.17) is 9.47 Å². The monoisotopic (exact) mass is 420 g/mol. The second kappa shape index (κ2) is 7.54. The van der Waals surface area contributed by atoms with Crippen molar-refractivity contribution in [2.45, 2.75) is 77.1 Å². The number of phenols is 1. The lowest BCUT2D eigenvalue weighted by molar-refractivity contribution is -0.199. The molecule has 0 spiro atoms. The third-order valence-electron chi connectivity index (χ3n) is 7.25. The average molecular weight is 421 g/mol. The van der Waals surface area contributed by atoms with Crippen molar-refractivity contribution in [1.29, 1.82) is 0 Å². The number of hydrogen-bond donors (Lipinski definition) is 3. The Labute approximate surface area is 177 Å². The molecule has 1 aromatic carbocycles. The Bertz CT molecular complexity index is 863. The maximum absolute atomic E-state index is 12.9. The number of esters is 2. The van der Waals surface area contributed by atoms with Crippen molar-refractivity contribution < 1.29 is 34.4 Å². The summed E-state index contributed by atoms with van der Waals surface area (Å²) in [5.74, 6) is -1.86. The first-order chi connectivity index (χ1) is 13.9. The molecule has 166 valence electrons. The Hall–Kier alpha value is -2.12. The molecule has 2 aliphatic carbocycles. The van der Waals surface area contributed by atoms with Crippen LogP contribution < -0.4 is 0 Å². The Morgan fingerprint density at radius 1 is 1.20 bits per heavy atom. The first-order valence-corrected chi connectivity index (χ1v) is 10.4. The standard InChI is InChI=1S/C23H32O7/c1-11(2)13-9-14-17(15(25)10-13)23(5)16(26)7-8-22(4,21(28)29-6)20(23)19(18(14)27)30-12(3)24/h9-11,16,18-20,25-27H,7-8H2,1-6H3/t16-,18+,19+,20-,22+,23-/m0/s1. The van der Waals surface area contributed by atoms with Crippen LogP contribution in [-0.2, 0) is 24.5 Å². The molecule has 2 aliphatic rings. The number of benzene rings is 1. The van der Waals surface area contributed by atoms with Crippen LogP contribution in [0, 0.1) is 11.3 Å². The van der Waals surface area contributed by atoms with Gasteiger partial charge in [-0.1, -0.05) is 26.8 Å². The zero-order valence-corrected chi connectivity index (χ0v) is 18.4. The summed E-state index contributed by atoms with van der Waals surface area (Å²) in [4.78, 5) is 24.8. The van der Waals surface area contributed by atoms with E-state index in [9.17, 15) is 24.9 Å². The van der Waals surface area contributed by atoms with Crippen LogP contribution >= 0.6 is 0 Å². The zero-order valence-electron chi connectivity index (χ0n) is 18.4. The molecule has 0 unspecified atom stereocenters. The minimum absolute atomic E-state index is 0.0443. The third-order valence-corrected chi connectivity index (χ3v) is 7.25. The highest BCUT2D eigenvalue weighted by atomic mass is 16.6. The van der Waals surface area contributed by atoms with E-state index < -0.39 is 47.0 Å². The lowest BCUT2D eigenvalue weighted by Crippen LogP contribution is -2.64. The minimum Gasteiger partial charge on any atom is -0.508 e. The van der Waals surface area contributed by atoms with Crippen molar-refractivity contribution in [1.82, 2.24) is 0 Å². The third kappa shape index (κ3) is 3.10. The van der Waals surface area contributed by atoms with Gasteiger partial charge in [-0.25, -0.2) is 0 Å². The van der Waals surface area contributed by atoms with Crippen molar-refractivity contribution in [3.63, 3.8) is 0 Å². The number of aromatic hydroxyl groups is 1. The van der Waals surface area contributed by atoms with Gasteiger partial charge in [0.15, 0.2) is 0 Å². The smallest absolute Gasteiger partial charge is 0.311 e. The van der Waals surface area contributed by atoms with Crippen molar-refractivity contribution in [2.75, 3.05) is 7.11 Å². The first-order valence-electron chi connectivity index (χ1n) is 10.4. The number of carbonyl (C=O) groups excluding carboxylic acids is 2. The largest absolute Gasteiger partial charge is 0.508 e. The maximum Gasteiger partial charge on any atom is 0.311 e. The van der Waals surface area contributed by atoms with E-state index in [0.717, 1.165) is 5.56 Å². The summed E-state index contributed by atoms with van der Waals surface area (Å²) in [6.45, 7) is 8.65. The van der Waals surface area contributed by atoms with Gasteiger partial charge in [-0.2, -0.15) is 0 Å². The molecule has 3 N–H and O–H groups in total. The van der Waals surface area contributed by atoms with Crippen molar-refractivity contribution in [3.8, 4) is 5.75 Å². The highest BCUT2D eigenvalue weighted by Crippen LogP contribution is 2.62. The topological polar surface area (TPSA) is 113 Å². The zero-order chi connectivity index (χ0) is 22.6. The second-order valence-corrected chi connectivity index (χ2v) is 9.40. The van der Waals surface area contributed by atoms with E-state index in [2.05, 4.69) is 0 Å². The summed E-state index contributed by atoms with van der Waals surface area (Å²) in [6.07, 6.45) is -2.67. The number of aliphatic hydroxyl groups is 2. The lowest BCUT2D eigenvalue weighted by atomic mass is 9.47. The number of ether oxygens (including phenoxy) is 2. The van der Waals surface area contributed by atoms with Crippen molar-refractivity contribution >= 4 is 11.9 Å². The molecule has 1 saturated carbocycles. The maximum atomic E-state index is 12.9. The molecule has 1 aromatic rings. The molecule has 0 amide bonds. The van der Waals surface area contributed by atoms with Crippen LogP contribution in [0.1, 0.15) is 76.2 Å². The molecule has 0 aliphatic heterocycles. The van der Waals surface area contributed by atoms with Crippen LogP contribution in [0.4, 0.5) is 0 Å². The normalized spacial score (nSPS) is 35.4. The molecule has 1 fully saturated rings. The van der Waals surface area contributed by atoms with E-state index >= 15 is 0 Å². The molecule has 30 heavy (non-hydrogen) atoms. The predicted molar refractivity (Wildman–Crippen MR) is 109 cm³/mol. The summed E-state index contributed by atoms with van der Waals surface area (Å²) in [5, 5.41) is 33.5. The van der Waals surface area contributed by atoms with Gasteiger partial charge in [0.05, 0.1) is 18.6 Å². The molecular weight excluding hydrogens is 388 g/mol. The molecule has 7 nitrogen and oxygen atoms in total. The van der Waals surface area contributed by atoms with Gasteiger partial charge in [0, 0.05) is 23.8 Å². The van der Waals surface area contributed by atoms with Crippen LogP contribution in [0.3, 0.4) is 0 Å². The number of carbonyl (C=O) groups is 2. The molecule has 0 heterocycles. The fourth-order valence-corrected chi connectivity index (χ4v) is 5.76. The van der Waals surface area contributed by atoms with Crippen LogP contribution in [0.2, 0.25) is 0 Å². The summed E-state index contributed by atoms with van der Waals surface area (Å²) < 4.78 is 10.7. The van der Waals surface area contributed by atoms with E-state index in [1.807, 2.05) is 13.8 Å². The van der Waals surface area contributed by atoms with Crippen LogP contribution in [-0.4, -0.2) is 46.6 Å². The number of phenolic OH excluding ortho intramolecular Hbond substituents is 1. The fraction of sp³-hybridized carbons (Fsp3) is 0.652. The van der Waals surface area contributed by atoms with E-state index in [1.165, 1.54) is 14.0 Å². The van der Waals surface area contributed by atoms with Gasteiger partial charge >= 0.3 is 11.9 Å². The molecule has 0 bridgehead atoms. The average Bonchev–Trinajstić information content (AvgIpc) is 2.67. The Kier molecular flexibility index (Phi) is 5.67. The lowest BCUT2D eigenvalue weighted by Gasteiger charge is -2.59. The van der Waals surface area contributed by atoms with E-state index in [0.29, 0.717) is 24.0 Å². The molecule has 0 radical (unpaired) electrons. The van der Waals surface area contributed by atoms with Gasteiger partial charge in [-0.3, -0.25) is 9.59 Å². The second-order valence-electron chi connectivity index (χ2n) is 9.40. The highest BCUT2D eigenvalue weighted by Gasteiger charge is 2.66. The van der Waals surface area contributed by atoms with E-state index in [-0.39, 0.29) is 11.7 Å². The SMILES string of the molecule is COC(=O)[C@]1(C)CC[C@H](O)[C@@]2(C)c3c(O)cc(C(C)C)cc3[C@@H](O)[C@@H](OC(C)=O)[C@H]21. The number of aliphatic hydroxyl groups excluding tert-OH is 2. The van der Waals surface area contributed by atoms with Crippen molar-refractivity contribution in [2.24, 2.45) is 11.3 Å². The van der Waals surface area contributed by atoms with Crippen LogP contribution in [0.15, 0.2) is 12.1 Å². The fourth-order valence-electron chi connectivity index (χ4n) is 5.76. The summed E-state index contributed by atoms with van der Waals surface area (Å²) in [7, 11) is 1.29. The first kappa shape index (κ1) is 22.6. The van der Waals surface area contributed by atoms with E-state index in [1.54, 1.807) is 26.0 Å². The van der Waals surface area contributed by atoms with Gasteiger partial charge in [0.1, 0.15) is 18.0 Å². The molecule has 3 rings (SSSR count). The van der Waals surface area contributed by atoms with Gasteiger partial charge in [0.25, 0.3) is 0 Å². The highest BCUT2D eigenvalue weighted by molar-refractivity contribution is 5.78. The van der Waals surface area contributed by atoms with Gasteiger partial charge in [0.2, 0.25) is 0 Å². The van der Waals surface area contributed by atoms with Gasteiger partial charge in [-0.15, -0.1) is 0 Å². The summed E-state index contributed by atoms with van der Waals surface area (Å²) in [6, 6.07) is 3.43. The Balaban J connectivity index is 2.35. The number of hydrogen-bond acceptors (Lipinski definition) is 7. The van der Waals surface area contributed by atoms with Crippen LogP contribution in [0.5, 0.6) is 5.75 Å². The van der Waals surface area contributed by atoms with Gasteiger partial charge in [-0.05, 0) is 42.9 Å². The number of rotatable bonds is 3. The number of methoxy groups -OCH3 is 1. The summed E-state index contributed by atoms with van der Waals surface area (Å²) >= 11 is 0. The quantitative estimate of drug-likeness (QED) is 0.644. The molecule has 7 heteroatoms. The van der Waals surface area contributed by atoms with Crippen molar-refractivity contribution in [3.05, 3.63) is 28.8 Å². The predicted octanol–water partition coefficient (Wildman–Crippen LogP) is 2.70. The number of fused-ring (bicyclic) bond motifs is 3. The molecule has 0 aromatic heterocycles. The molecular formula is C23H32O7. The Morgan fingerprint density at radius 2 is 1.83 bits per heavy atom. The summed E-state index contributed by atoms with van der Waals surface area (Å²) in [5.41, 5.74) is -0.651. The molecule has 6 atom stereocenters. The van der Waals surface area contributed by atoms with Gasteiger partial charge < -0.3 is 24.8 Å².